The van der Waals surface area contributed by atoms with Crippen molar-refractivity contribution in [3.05, 3.63) is 75.7 Å². The number of aryl methyl sites for hydroxylation is 2. The molecule has 1 amide bonds. The molecule has 2 aromatic carbocycles. The minimum Gasteiger partial charge on any atom is -0.352 e. The first-order valence-corrected chi connectivity index (χ1v) is 12.4. The number of hydrogen-bond acceptors (Lipinski definition) is 5. The number of hydrogen-bond donors (Lipinski definition) is 2. The van der Waals surface area contributed by atoms with Crippen LogP contribution in [0.15, 0.2) is 58.8 Å². The lowest BCUT2D eigenvalue weighted by molar-refractivity contribution is -0.137. The number of thiazole rings is 1. The van der Waals surface area contributed by atoms with Gasteiger partial charge in [0.15, 0.2) is 0 Å². The number of carbonyl (C=O) groups excluding carboxylic acids is 1. The number of halogens is 3. The summed E-state index contributed by atoms with van der Waals surface area (Å²) in [6.45, 7) is 2.42. The normalized spacial score (nSPS) is 11.9. The lowest BCUT2D eigenvalue weighted by Gasteiger charge is -2.11. The van der Waals surface area contributed by atoms with Crippen molar-refractivity contribution >= 4 is 33.0 Å². The zero-order valence-electron chi connectivity index (χ0n) is 17.6. The zero-order chi connectivity index (χ0) is 24.1. The molecule has 2 N–H and O–H groups in total. The van der Waals surface area contributed by atoms with Crippen molar-refractivity contribution in [1.29, 1.82) is 0 Å². The molecule has 33 heavy (non-hydrogen) atoms. The number of nitrogens with zero attached hydrogens (tertiary/aromatic N) is 1. The van der Waals surface area contributed by atoms with E-state index in [1.165, 1.54) is 30.3 Å². The summed E-state index contributed by atoms with van der Waals surface area (Å²) in [5.41, 5.74) is 0.110. The van der Waals surface area contributed by atoms with Gasteiger partial charge in [-0.15, -0.1) is 11.3 Å². The first-order valence-electron chi connectivity index (χ1n) is 10.0. The van der Waals surface area contributed by atoms with Crippen LogP contribution in [0, 0.1) is 6.92 Å². The van der Waals surface area contributed by atoms with Gasteiger partial charge in [-0.3, -0.25) is 9.52 Å². The standard InChI is InChI=1S/C22H22F3N3O3S2/c1-15-14-32-20(27-15)7-2-3-12-26-21(29)16-8-10-19(11-9-16)33(30,31)28-18-6-4-5-17(13-18)22(23,24)25/h4-6,8-11,13-14,28H,2-3,7,12H2,1H3,(H,26,29). The van der Waals surface area contributed by atoms with Crippen molar-refractivity contribution in [2.75, 3.05) is 11.3 Å². The summed E-state index contributed by atoms with van der Waals surface area (Å²) in [6, 6.07) is 9.09. The SMILES string of the molecule is Cc1csc(CCCCNC(=O)c2ccc(S(=O)(=O)Nc3cccc(C(F)(F)F)c3)cc2)n1. The van der Waals surface area contributed by atoms with Gasteiger partial charge in [0.25, 0.3) is 15.9 Å². The molecule has 0 aliphatic heterocycles. The molecule has 6 nitrogen and oxygen atoms in total. The van der Waals surface area contributed by atoms with Crippen LogP contribution in [0.25, 0.3) is 0 Å². The molecule has 176 valence electrons. The fourth-order valence-electron chi connectivity index (χ4n) is 2.98. The van der Waals surface area contributed by atoms with E-state index in [1.807, 2.05) is 12.3 Å². The number of sulfonamides is 1. The summed E-state index contributed by atoms with van der Waals surface area (Å²) in [4.78, 5) is 16.5. The first-order chi connectivity index (χ1) is 15.5. The third-order valence-corrected chi connectivity index (χ3v) is 7.06. The molecular formula is C22H22F3N3O3S2. The van der Waals surface area contributed by atoms with Crippen molar-refractivity contribution in [1.82, 2.24) is 10.3 Å². The van der Waals surface area contributed by atoms with E-state index in [0.717, 1.165) is 48.2 Å². The van der Waals surface area contributed by atoms with Gasteiger partial charge in [-0.05, 0) is 68.7 Å². The Hall–Kier alpha value is -2.92. The Morgan fingerprint density at radius 2 is 1.82 bits per heavy atom. The van der Waals surface area contributed by atoms with Crippen LogP contribution in [0.2, 0.25) is 0 Å². The predicted molar refractivity (Wildman–Crippen MR) is 121 cm³/mol. The van der Waals surface area contributed by atoms with Crippen LogP contribution in [0.4, 0.5) is 18.9 Å². The highest BCUT2D eigenvalue weighted by atomic mass is 32.2. The third-order valence-electron chi connectivity index (χ3n) is 4.64. The Morgan fingerprint density at radius 3 is 2.45 bits per heavy atom. The van der Waals surface area contributed by atoms with Crippen molar-refractivity contribution < 1.29 is 26.4 Å². The van der Waals surface area contributed by atoms with E-state index in [9.17, 15) is 26.4 Å². The highest BCUT2D eigenvalue weighted by Gasteiger charge is 2.30. The Balaban J connectivity index is 1.53. The largest absolute Gasteiger partial charge is 0.416 e. The van der Waals surface area contributed by atoms with Gasteiger partial charge in [-0.1, -0.05) is 6.07 Å². The number of aromatic nitrogens is 1. The number of amides is 1. The number of benzene rings is 2. The molecule has 0 unspecified atom stereocenters. The summed E-state index contributed by atoms with van der Waals surface area (Å²) in [5, 5.41) is 5.84. The maximum absolute atomic E-state index is 12.8. The minimum atomic E-state index is -4.59. The van der Waals surface area contributed by atoms with Crippen LogP contribution in [-0.2, 0) is 22.6 Å². The van der Waals surface area contributed by atoms with Gasteiger partial charge in [0.1, 0.15) is 0 Å². The van der Waals surface area contributed by atoms with Crippen LogP contribution in [0.3, 0.4) is 0 Å². The van der Waals surface area contributed by atoms with Crippen LogP contribution in [0.1, 0.15) is 39.5 Å². The van der Waals surface area contributed by atoms with Gasteiger partial charge in [0, 0.05) is 28.9 Å². The first kappa shape index (κ1) is 24.7. The molecule has 0 aliphatic rings. The molecule has 0 fully saturated rings. The monoisotopic (exact) mass is 497 g/mol. The summed E-state index contributed by atoms with van der Waals surface area (Å²) in [6.07, 6.45) is -2.08. The summed E-state index contributed by atoms with van der Waals surface area (Å²) < 4.78 is 65.7. The van der Waals surface area contributed by atoms with Crippen LogP contribution in [-0.4, -0.2) is 25.9 Å². The van der Waals surface area contributed by atoms with E-state index >= 15 is 0 Å². The van der Waals surface area contributed by atoms with Gasteiger partial charge in [-0.25, -0.2) is 13.4 Å². The lowest BCUT2D eigenvalue weighted by atomic mass is 10.2. The number of rotatable bonds is 9. The van der Waals surface area contributed by atoms with Crippen LogP contribution < -0.4 is 10.0 Å². The second kappa shape index (κ2) is 10.3. The summed E-state index contributed by atoms with van der Waals surface area (Å²) in [7, 11) is -4.12. The second-order valence-corrected chi connectivity index (χ2v) is 9.93. The Bertz CT molecular complexity index is 1210. The highest BCUT2D eigenvalue weighted by Crippen LogP contribution is 2.31. The zero-order valence-corrected chi connectivity index (χ0v) is 19.3. The molecule has 0 saturated carbocycles. The van der Waals surface area contributed by atoms with Crippen molar-refractivity contribution in [3.63, 3.8) is 0 Å². The molecule has 0 spiro atoms. The minimum absolute atomic E-state index is 0.171. The number of carbonyl (C=O) groups is 1. The highest BCUT2D eigenvalue weighted by molar-refractivity contribution is 7.92. The molecule has 0 atom stereocenters. The Kier molecular flexibility index (Phi) is 7.75. The molecule has 0 aliphatic carbocycles. The molecule has 11 heteroatoms. The average molecular weight is 498 g/mol. The maximum atomic E-state index is 12.8. The quantitative estimate of drug-likeness (QED) is 0.406. The van der Waals surface area contributed by atoms with E-state index in [0.29, 0.717) is 6.54 Å². The number of nitrogens with one attached hydrogen (secondary N) is 2. The summed E-state index contributed by atoms with van der Waals surface area (Å²) in [5.74, 6) is -0.338. The van der Waals surface area contributed by atoms with E-state index in [2.05, 4.69) is 15.0 Å². The fraction of sp³-hybridized carbons (Fsp3) is 0.273. The molecule has 1 aromatic heterocycles. The predicted octanol–water partition coefficient (Wildman–Crippen LogP) is 5.02. The van der Waals surface area contributed by atoms with Gasteiger partial charge in [0.2, 0.25) is 0 Å². The van der Waals surface area contributed by atoms with Crippen molar-refractivity contribution in [2.45, 2.75) is 37.3 Å². The van der Waals surface area contributed by atoms with E-state index in [1.54, 1.807) is 11.3 Å². The summed E-state index contributed by atoms with van der Waals surface area (Å²) >= 11 is 1.61. The van der Waals surface area contributed by atoms with Gasteiger partial charge in [-0.2, -0.15) is 13.2 Å². The van der Waals surface area contributed by atoms with Crippen molar-refractivity contribution in [3.8, 4) is 0 Å². The fourth-order valence-corrected chi connectivity index (χ4v) is 4.85. The third kappa shape index (κ3) is 7.03. The Labute approximate surface area is 193 Å². The second-order valence-electron chi connectivity index (χ2n) is 7.30. The van der Waals surface area contributed by atoms with Gasteiger partial charge >= 0.3 is 6.18 Å². The smallest absolute Gasteiger partial charge is 0.352 e. The van der Waals surface area contributed by atoms with E-state index in [-0.39, 0.29) is 22.1 Å². The van der Waals surface area contributed by atoms with Crippen molar-refractivity contribution in [2.24, 2.45) is 0 Å². The number of anilines is 1. The van der Waals surface area contributed by atoms with E-state index in [4.69, 9.17) is 0 Å². The maximum Gasteiger partial charge on any atom is 0.416 e. The lowest BCUT2D eigenvalue weighted by Crippen LogP contribution is -2.24. The topological polar surface area (TPSA) is 88.2 Å². The molecule has 3 aromatic rings. The van der Waals surface area contributed by atoms with Gasteiger partial charge < -0.3 is 5.32 Å². The number of alkyl halides is 3. The molecule has 1 heterocycles. The average Bonchev–Trinajstić information content (AvgIpc) is 3.18. The van der Waals surface area contributed by atoms with E-state index < -0.39 is 21.8 Å². The molecular weight excluding hydrogens is 475 g/mol. The van der Waals surface area contributed by atoms with Gasteiger partial charge in [0.05, 0.1) is 15.5 Å². The molecule has 0 radical (unpaired) electrons. The van der Waals surface area contributed by atoms with Crippen LogP contribution in [0.5, 0.6) is 0 Å². The molecule has 0 bridgehead atoms. The molecule has 0 saturated heterocycles. The van der Waals surface area contributed by atoms with Crippen LogP contribution >= 0.6 is 11.3 Å². The Morgan fingerprint density at radius 1 is 1.09 bits per heavy atom. The molecule has 3 rings (SSSR count). The number of unbranched alkanes of at least 4 members (excludes halogenated alkanes) is 1.